The Labute approximate surface area is 182 Å². The zero-order chi connectivity index (χ0) is 20.8. The van der Waals surface area contributed by atoms with Gasteiger partial charge < -0.3 is 20.1 Å². The first-order chi connectivity index (χ1) is 14.7. The van der Waals surface area contributed by atoms with Gasteiger partial charge in [-0.25, -0.2) is 9.97 Å². The van der Waals surface area contributed by atoms with E-state index in [1.54, 1.807) is 0 Å². The van der Waals surface area contributed by atoms with E-state index in [2.05, 4.69) is 17.6 Å². The molecule has 1 aromatic heterocycles. The molecule has 0 saturated heterocycles. The molecule has 0 aliphatic carbocycles. The molecule has 0 fully saturated rings. The van der Waals surface area contributed by atoms with E-state index in [0.717, 1.165) is 52.2 Å². The average Bonchev–Trinajstić information content (AvgIpc) is 2.75. The molecule has 0 amide bonds. The third-order valence-corrected chi connectivity index (χ3v) is 5.42. The van der Waals surface area contributed by atoms with Gasteiger partial charge in [0.15, 0.2) is 16.6 Å². The van der Waals surface area contributed by atoms with Gasteiger partial charge in [-0.1, -0.05) is 39.0 Å². The molecule has 158 valence electrons. The Morgan fingerprint density at radius 1 is 0.867 bits per heavy atom. The first-order valence-electron chi connectivity index (χ1n) is 10.8. The van der Waals surface area contributed by atoms with Crippen molar-refractivity contribution in [3.05, 3.63) is 30.3 Å². The Hall–Kier alpha value is -2.67. The van der Waals surface area contributed by atoms with Gasteiger partial charge in [-0.05, 0) is 36.8 Å². The third kappa shape index (κ3) is 5.08. The standard InChI is InChI=1S/C23H28N4O2S/c1-2-3-4-5-6-7-10-24-23(30)25-16-8-9-17-18(13-16)27-20-15-22-21(14-19(20)26-17)28-11-12-29-22/h8-9,13-15H,2-7,10-12H2,1H3,(H2,24,25,30). The number of anilines is 1. The van der Waals surface area contributed by atoms with Crippen LogP contribution < -0.4 is 20.1 Å². The minimum atomic E-state index is 0.552. The van der Waals surface area contributed by atoms with Crippen molar-refractivity contribution in [1.29, 1.82) is 0 Å². The molecule has 2 N–H and O–H groups in total. The molecule has 0 saturated carbocycles. The predicted molar refractivity (Wildman–Crippen MR) is 126 cm³/mol. The van der Waals surface area contributed by atoms with Gasteiger partial charge in [0.2, 0.25) is 0 Å². The molecular weight excluding hydrogens is 396 g/mol. The Morgan fingerprint density at radius 3 is 2.23 bits per heavy atom. The van der Waals surface area contributed by atoms with Crippen LogP contribution in [0.25, 0.3) is 22.1 Å². The molecule has 4 rings (SSSR count). The van der Waals surface area contributed by atoms with Gasteiger partial charge in [-0.3, -0.25) is 0 Å². The molecule has 1 aliphatic heterocycles. The van der Waals surface area contributed by atoms with Crippen LogP contribution in [0.5, 0.6) is 11.5 Å². The summed E-state index contributed by atoms with van der Waals surface area (Å²) < 4.78 is 11.3. The maximum atomic E-state index is 5.66. The quantitative estimate of drug-likeness (QED) is 0.293. The third-order valence-electron chi connectivity index (χ3n) is 5.17. The molecule has 2 heterocycles. The highest BCUT2D eigenvalue weighted by molar-refractivity contribution is 7.80. The van der Waals surface area contributed by atoms with E-state index in [-0.39, 0.29) is 0 Å². The van der Waals surface area contributed by atoms with Crippen LogP contribution in [0.1, 0.15) is 45.4 Å². The van der Waals surface area contributed by atoms with Crippen molar-refractivity contribution in [2.24, 2.45) is 0 Å². The van der Waals surface area contributed by atoms with E-state index in [9.17, 15) is 0 Å². The molecule has 6 nitrogen and oxygen atoms in total. The summed E-state index contributed by atoms with van der Waals surface area (Å²) >= 11 is 5.43. The second-order valence-corrected chi connectivity index (χ2v) is 7.97. The lowest BCUT2D eigenvalue weighted by molar-refractivity contribution is 0.172. The van der Waals surface area contributed by atoms with Crippen molar-refractivity contribution in [1.82, 2.24) is 15.3 Å². The summed E-state index contributed by atoms with van der Waals surface area (Å²) in [5.41, 5.74) is 4.11. The number of nitrogens with one attached hydrogen (secondary N) is 2. The van der Waals surface area contributed by atoms with Gasteiger partial charge in [0.1, 0.15) is 13.2 Å². The van der Waals surface area contributed by atoms with Gasteiger partial charge in [-0.15, -0.1) is 0 Å². The smallest absolute Gasteiger partial charge is 0.170 e. The van der Waals surface area contributed by atoms with Crippen molar-refractivity contribution < 1.29 is 9.47 Å². The lowest BCUT2D eigenvalue weighted by atomic mass is 10.1. The summed E-state index contributed by atoms with van der Waals surface area (Å²) in [6, 6.07) is 9.68. The molecule has 1 aliphatic rings. The van der Waals surface area contributed by atoms with E-state index in [4.69, 9.17) is 31.7 Å². The zero-order valence-electron chi connectivity index (χ0n) is 17.4. The molecule has 2 aromatic carbocycles. The normalized spacial score (nSPS) is 12.8. The maximum Gasteiger partial charge on any atom is 0.170 e. The van der Waals surface area contributed by atoms with Crippen LogP contribution in [0.4, 0.5) is 5.69 Å². The number of nitrogens with zero attached hydrogens (tertiary/aromatic N) is 2. The van der Waals surface area contributed by atoms with Crippen LogP contribution in [-0.4, -0.2) is 34.8 Å². The van der Waals surface area contributed by atoms with Gasteiger partial charge in [0.05, 0.1) is 22.1 Å². The molecule has 0 radical (unpaired) electrons. The van der Waals surface area contributed by atoms with E-state index in [1.165, 1.54) is 32.1 Å². The van der Waals surface area contributed by atoms with Gasteiger partial charge in [-0.2, -0.15) is 0 Å². The minimum Gasteiger partial charge on any atom is -0.486 e. The highest BCUT2D eigenvalue weighted by Gasteiger charge is 2.14. The first-order valence-corrected chi connectivity index (χ1v) is 11.2. The van der Waals surface area contributed by atoms with Gasteiger partial charge in [0, 0.05) is 24.4 Å². The summed E-state index contributed by atoms with van der Waals surface area (Å²) in [7, 11) is 0. The number of ether oxygens (including phenoxy) is 2. The molecule has 30 heavy (non-hydrogen) atoms. The Balaban J connectivity index is 1.39. The number of benzene rings is 2. The zero-order valence-corrected chi connectivity index (χ0v) is 18.2. The minimum absolute atomic E-state index is 0.552. The van der Waals surface area contributed by atoms with Crippen LogP contribution in [0.2, 0.25) is 0 Å². The summed E-state index contributed by atoms with van der Waals surface area (Å²) in [5.74, 6) is 1.44. The summed E-state index contributed by atoms with van der Waals surface area (Å²) in [6.07, 6.45) is 7.62. The van der Waals surface area contributed by atoms with Crippen molar-refractivity contribution in [3.8, 4) is 11.5 Å². The van der Waals surface area contributed by atoms with Crippen LogP contribution in [0.3, 0.4) is 0 Å². The molecule has 0 unspecified atom stereocenters. The average molecular weight is 425 g/mol. The van der Waals surface area contributed by atoms with E-state index < -0.39 is 0 Å². The molecule has 3 aromatic rings. The van der Waals surface area contributed by atoms with Crippen molar-refractivity contribution in [2.75, 3.05) is 25.1 Å². The number of fused-ring (bicyclic) bond motifs is 3. The van der Waals surface area contributed by atoms with Gasteiger partial charge in [0.25, 0.3) is 0 Å². The Kier molecular flexibility index (Phi) is 6.79. The topological polar surface area (TPSA) is 68.3 Å². The largest absolute Gasteiger partial charge is 0.486 e. The summed E-state index contributed by atoms with van der Waals surface area (Å²) in [6.45, 7) is 4.24. The van der Waals surface area contributed by atoms with Crippen LogP contribution in [-0.2, 0) is 0 Å². The lowest BCUT2D eigenvalue weighted by Gasteiger charge is -2.18. The van der Waals surface area contributed by atoms with Crippen molar-refractivity contribution in [2.45, 2.75) is 45.4 Å². The fourth-order valence-electron chi connectivity index (χ4n) is 3.57. The first kappa shape index (κ1) is 20.6. The highest BCUT2D eigenvalue weighted by atomic mass is 32.1. The number of hydrogen-bond donors (Lipinski definition) is 2. The summed E-state index contributed by atoms with van der Waals surface area (Å²) in [4.78, 5) is 9.49. The highest BCUT2D eigenvalue weighted by Crippen LogP contribution is 2.34. The van der Waals surface area contributed by atoms with Crippen LogP contribution >= 0.6 is 12.2 Å². The number of hydrogen-bond acceptors (Lipinski definition) is 5. The van der Waals surface area contributed by atoms with E-state index >= 15 is 0 Å². The van der Waals surface area contributed by atoms with E-state index in [1.807, 2.05) is 30.3 Å². The lowest BCUT2D eigenvalue weighted by Crippen LogP contribution is -2.29. The predicted octanol–water partition coefficient (Wildman–Crippen LogP) is 5.20. The molecule has 0 spiro atoms. The molecule has 0 atom stereocenters. The monoisotopic (exact) mass is 424 g/mol. The molecule has 0 bridgehead atoms. The number of thiocarbonyl (C=S) groups is 1. The van der Waals surface area contributed by atoms with Gasteiger partial charge >= 0.3 is 0 Å². The fraction of sp³-hybridized carbons (Fsp3) is 0.435. The van der Waals surface area contributed by atoms with Crippen molar-refractivity contribution in [3.63, 3.8) is 0 Å². The Morgan fingerprint density at radius 2 is 1.50 bits per heavy atom. The van der Waals surface area contributed by atoms with Crippen molar-refractivity contribution >= 4 is 45.1 Å². The number of aromatic nitrogens is 2. The van der Waals surface area contributed by atoms with Crippen LogP contribution in [0, 0.1) is 0 Å². The number of unbranched alkanes of at least 4 members (excludes halogenated alkanes) is 5. The maximum absolute atomic E-state index is 5.66. The molecular formula is C23H28N4O2S. The second kappa shape index (κ2) is 9.89. The Bertz CT molecular complexity index is 1040. The fourth-order valence-corrected chi connectivity index (χ4v) is 3.79. The van der Waals surface area contributed by atoms with E-state index in [0.29, 0.717) is 18.3 Å². The SMILES string of the molecule is CCCCCCCCNC(=S)Nc1ccc2nc3cc4c(cc3nc2c1)OCCO4. The molecule has 7 heteroatoms. The summed E-state index contributed by atoms with van der Waals surface area (Å²) in [5, 5.41) is 7.17. The number of rotatable bonds is 8. The second-order valence-electron chi connectivity index (χ2n) is 7.56. The van der Waals surface area contributed by atoms with Crippen LogP contribution in [0.15, 0.2) is 30.3 Å².